The lowest BCUT2D eigenvalue weighted by atomic mass is 10.1. The summed E-state index contributed by atoms with van der Waals surface area (Å²) in [6.45, 7) is 0.713. The van der Waals surface area contributed by atoms with Gasteiger partial charge in [-0.1, -0.05) is 12.1 Å². The Morgan fingerprint density at radius 1 is 1.24 bits per heavy atom. The van der Waals surface area contributed by atoms with E-state index in [2.05, 4.69) is 4.98 Å². The third-order valence-corrected chi connectivity index (χ3v) is 3.48. The second kappa shape index (κ2) is 5.35. The fraction of sp³-hybridized carbons (Fsp3) is 0.125. The number of fused-ring (bicyclic) bond motifs is 1. The first kappa shape index (κ1) is 13.3. The number of nitrogens with two attached hydrogens (primary N) is 1. The second-order valence-electron chi connectivity index (χ2n) is 4.75. The molecule has 3 aromatic rings. The normalized spacial score (nSPS) is 10.7. The molecule has 0 unspecified atom stereocenters. The molecule has 2 N–H and O–H groups in total. The molecule has 3 rings (SSSR count). The summed E-state index contributed by atoms with van der Waals surface area (Å²) < 4.78 is 16.0. The van der Waals surface area contributed by atoms with Crippen LogP contribution in [0.3, 0.4) is 0 Å². The Kier molecular flexibility index (Phi) is 3.38. The van der Waals surface area contributed by atoms with Crippen LogP contribution in [0.2, 0.25) is 0 Å². The summed E-state index contributed by atoms with van der Waals surface area (Å²) in [6.07, 6.45) is 3.58. The van der Waals surface area contributed by atoms with E-state index < -0.39 is 5.82 Å². The summed E-state index contributed by atoms with van der Waals surface area (Å²) in [7, 11) is 0. The van der Waals surface area contributed by atoms with E-state index in [1.807, 2.05) is 29.0 Å². The van der Waals surface area contributed by atoms with Gasteiger partial charge in [0.2, 0.25) is 0 Å². The van der Waals surface area contributed by atoms with Crippen molar-refractivity contribution in [3.63, 3.8) is 0 Å². The Labute approximate surface area is 121 Å². The summed E-state index contributed by atoms with van der Waals surface area (Å²) in [5, 5.41) is 9.87. The maximum Gasteiger partial charge on any atom is 0.145 e. The monoisotopic (exact) mass is 280 g/mol. The van der Waals surface area contributed by atoms with Crippen molar-refractivity contribution in [3.8, 4) is 6.07 Å². The van der Waals surface area contributed by atoms with E-state index in [4.69, 9.17) is 11.0 Å². The summed E-state index contributed by atoms with van der Waals surface area (Å²) in [4.78, 5) is 4.34. The number of nitrogens with zero attached hydrogens (tertiary/aromatic N) is 3. The predicted octanol–water partition coefficient (Wildman–Crippen LogP) is 2.55. The Morgan fingerprint density at radius 2 is 2.10 bits per heavy atom. The first-order valence-electron chi connectivity index (χ1n) is 6.55. The van der Waals surface area contributed by atoms with Crippen LogP contribution in [0.25, 0.3) is 11.0 Å². The van der Waals surface area contributed by atoms with E-state index in [1.54, 1.807) is 18.3 Å². The molecule has 0 spiro atoms. The number of aromatic nitrogens is 2. The number of pyridine rings is 1. The maximum absolute atomic E-state index is 14.2. The van der Waals surface area contributed by atoms with E-state index >= 15 is 0 Å². The lowest BCUT2D eigenvalue weighted by Crippen LogP contribution is -2.03. The van der Waals surface area contributed by atoms with Gasteiger partial charge in [0.15, 0.2) is 0 Å². The Hall–Kier alpha value is -2.71. The molecular formula is C16H13FN4. The highest BCUT2D eigenvalue weighted by atomic mass is 19.1. The van der Waals surface area contributed by atoms with Gasteiger partial charge in [0.05, 0.1) is 12.1 Å². The van der Waals surface area contributed by atoms with Crippen LogP contribution in [-0.2, 0) is 13.1 Å². The zero-order chi connectivity index (χ0) is 14.8. The van der Waals surface area contributed by atoms with Crippen LogP contribution in [0.15, 0.2) is 42.7 Å². The number of hydrogen-bond donors (Lipinski definition) is 1. The average Bonchev–Trinajstić information content (AvgIpc) is 2.87. The van der Waals surface area contributed by atoms with Gasteiger partial charge in [-0.15, -0.1) is 0 Å². The van der Waals surface area contributed by atoms with Gasteiger partial charge in [0, 0.05) is 29.9 Å². The maximum atomic E-state index is 14.2. The summed E-state index contributed by atoms with van der Waals surface area (Å²) in [5.74, 6) is -0.480. The molecule has 21 heavy (non-hydrogen) atoms. The molecule has 0 saturated heterocycles. The fourth-order valence-corrected chi connectivity index (χ4v) is 2.45. The largest absolute Gasteiger partial charge is 0.328 e. The average molecular weight is 280 g/mol. The van der Waals surface area contributed by atoms with Crippen LogP contribution >= 0.6 is 0 Å². The van der Waals surface area contributed by atoms with E-state index in [1.165, 1.54) is 6.07 Å². The highest BCUT2D eigenvalue weighted by Crippen LogP contribution is 2.21. The summed E-state index contributed by atoms with van der Waals surface area (Å²) in [5.41, 5.74) is 7.98. The highest BCUT2D eigenvalue weighted by Gasteiger charge is 2.12. The van der Waals surface area contributed by atoms with Gasteiger partial charge < -0.3 is 10.3 Å². The van der Waals surface area contributed by atoms with Crippen LogP contribution in [0.5, 0.6) is 0 Å². The number of rotatable bonds is 3. The van der Waals surface area contributed by atoms with Crippen molar-refractivity contribution >= 4 is 11.0 Å². The molecule has 0 saturated carbocycles. The smallest absolute Gasteiger partial charge is 0.145 e. The van der Waals surface area contributed by atoms with E-state index in [0.29, 0.717) is 18.7 Å². The molecule has 0 aliphatic heterocycles. The molecule has 0 amide bonds. The molecule has 0 bridgehead atoms. The van der Waals surface area contributed by atoms with Gasteiger partial charge in [0.1, 0.15) is 17.5 Å². The highest BCUT2D eigenvalue weighted by molar-refractivity contribution is 5.80. The van der Waals surface area contributed by atoms with Crippen molar-refractivity contribution in [2.45, 2.75) is 13.1 Å². The number of hydrogen-bond acceptors (Lipinski definition) is 3. The fourth-order valence-electron chi connectivity index (χ4n) is 2.45. The molecule has 1 aromatic carbocycles. The summed E-state index contributed by atoms with van der Waals surface area (Å²) >= 11 is 0. The van der Waals surface area contributed by atoms with Gasteiger partial charge in [-0.2, -0.15) is 5.26 Å². The molecule has 0 atom stereocenters. The zero-order valence-corrected chi connectivity index (χ0v) is 11.3. The lowest BCUT2D eigenvalue weighted by Gasteiger charge is -2.07. The quantitative estimate of drug-likeness (QED) is 0.801. The number of benzene rings is 1. The molecule has 0 aliphatic carbocycles. The molecule has 4 nitrogen and oxygen atoms in total. The van der Waals surface area contributed by atoms with Crippen molar-refractivity contribution in [1.82, 2.24) is 9.55 Å². The Bertz CT molecular complexity index is 845. The van der Waals surface area contributed by atoms with Crippen LogP contribution in [0.1, 0.15) is 16.7 Å². The van der Waals surface area contributed by atoms with Crippen LogP contribution < -0.4 is 5.73 Å². The predicted molar refractivity (Wildman–Crippen MR) is 77.8 cm³/mol. The zero-order valence-electron chi connectivity index (χ0n) is 11.3. The number of nitriles is 1. The number of halogens is 1. The van der Waals surface area contributed by atoms with Crippen molar-refractivity contribution < 1.29 is 4.39 Å². The third-order valence-electron chi connectivity index (χ3n) is 3.48. The topological polar surface area (TPSA) is 67.6 Å². The molecule has 0 aliphatic rings. The van der Waals surface area contributed by atoms with Crippen LogP contribution in [-0.4, -0.2) is 9.55 Å². The first-order chi connectivity index (χ1) is 10.2. The summed E-state index contributed by atoms with van der Waals surface area (Å²) in [6, 6.07) is 10.5. The minimum absolute atomic E-state index is 0.0518. The minimum atomic E-state index is -0.480. The SMILES string of the molecule is N#Cc1cccc(Cn2cc(CN)c3cccnc32)c1F. The van der Waals surface area contributed by atoms with Gasteiger partial charge in [-0.05, 0) is 23.8 Å². The Balaban J connectivity index is 2.09. The van der Waals surface area contributed by atoms with Crippen molar-refractivity contribution in [2.24, 2.45) is 5.73 Å². The van der Waals surface area contributed by atoms with E-state index in [9.17, 15) is 4.39 Å². The van der Waals surface area contributed by atoms with Crippen molar-refractivity contribution in [2.75, 3.05) is 0 Å². The van der Waals surface area contributed by atoms with Gasteiger partial charge >= 0.3 is 0 Å². The molecule has 0 radical (unpaired) electrons. The van der Waals surface area contributed by atoms with Crippen molar-refractivity contribution in [3.05, 3.63) is 65.2 Å². The molecular weight excluding hydrogens is 267 g/mol. The lowest BCUT2D eigenvalue weighted by molar-refractivity contribution is 0.598. The molecule has 5 heteroatoms. The van der Waals surface area contributed by atoms with Gasteiger partial charge in [-0.3, -0.25) is 0 Å². The minimum Gasteiger partial charge on any atom is -0.328 e. The van der Waals surface area contributed by atoms with Crippen LogP contribution in [0.4, 0.5) is 4.39 Å². The Morgan fingerprint density at radius 3 is 2.86 bits per heavy atom. The molecule has 104 valence electrons. The van der Waals surface area contributed by atoms with E-state index in [0.717, 1.165) is 16.6 Å². The molecule has 0 fully saturated rings. The standard InChI is InChI=1S/C16H13FN4/c17-15-11(7-18)3-1-4-12(15)9-21-10-13(8-19)14-5-2-6-20-16(14)21/h1-6,10H,8-9,19H2. The van der Waals surface area contributed by atoms with Crippen molar-refractivity contribution in [1.29, 1.82) is 5.26 Å². The van der Waals surface area contributed by atoms with Gasteiger partial charge in [-0.25, -0.2) is 9.37 Å². The second-order valence-corrected chi connectivity index (χ2v) is 4.75. The molecule has 2 aromatic heterocycles. The van der Waals surface area contributed by atoms with Gasteiger partial charge in [0.25, 0.3) is 0 Å². The van der Waals surface area contributed by atoms with E-state index in [-0.39, 0.29) is 5.56 Å². The first-order valence-corrected chi connectivity index (χ1v) is 6.55. The molecule has 2 heterocycles. The third kappa shape index (κ3) is 2.26. The van der Waals surface area contributed by atoms with Crippen LogP contribution in [0, 0.1) is 17.1 Å².